The Balaban J connectivity index is 3.13. The van der Waals surface area contributed by atoms with Crippen LogP contribution >= 0.6 is 0 Å². The molecule has 1 aromatic rings. The van der Waals surface area contributed by atoms with Crippen molar-refractivity contribution in [2.24, 2.45) is 4.99 Å². The van der Waals surface area contributed by atoms with Gasteiger partial charge in [0.15, 0.2) is 5.71 Å². The summed E-state index contributed by atoms with van der Waals surface area (Å²) < 4.78 is 42.5. The molecule has 19 heavy (non-hydrogen) atoms. The minimum Gasteiger partial charge on any atom is -0.497 e. The Hall–Kier alpha value is -2.49. The monoisotopic (exact) mass is 271 g/mol. The zero-order valence-electron chi connectivity index (χ0n) is 9.65. The maximum Gasteiger partial charge on any atom is 0.441 e. The van der Waals surface area contributed by atoms with Gasteiger partial charge in [0.25, 0.3) is 0 Å². The summed E-state index contributed by atoms with van der Waals surface area (Å²) in [5, 5.41) is 8.25. The van der Waals surface area contributed by atoms with Crippen LogP contribution in [0.25, 0.3) is 0 Å². The van der Waals surface area contributed by atoms with Crippen LogP contribution in [-0.2, 0) is 4.79 Å². The number of hydrogen-bond acceptors (Lipinski definition) is 3. The van der Waals surface area contributed by atoms with Crippen molar-refractivity contribution in [1.82, 2.24) is 0 Å². The minimum atomic E-state index is -4.82. The number of carboxylic acids is 1. The molecule has 0 fully saturated rings. The van der Waals surface area contributed by atoms with E-state index in [4.69, 9.17) is 9.84 Å². The lowest BCUT2D eigenvalue weighted by atomic mass is 10.3. The first-order valence-corrected chi connectivity index (χ1v) is 4.88. The van der Waals surface area contributed by atoms with Crippen molar-refractivity contribution >= 4 is 17.4 Å². The summed E-state index contributed by atoms with van der Waals surface area (Å²) in [5.41, 5.74) is -1.48. The molecular formula is C12H8F3NO3. The molecule has 7 heteroatoms. The summed E-state index contributed by atoms with van der Waals surface area (Å²) in [4.78, 5) is 13.4. The highest BCUT2D eigenvalue weighted by atomic mass is 19.4. The summed E-state index contributed by atoms with van der Waals surface area (Å²) >= 11 is 0. The van der Waals surface area contributed by atoms with Crippen LogP contribution in [0.1, 0.15) is 0 Å². The van der Waals surface area contributed by atoms with Gasteiger partial charge in [-0.15, -0.1) is 0 Å². The average molecular weight is 271 g/mol. The van der Waals surface area contributed by atoms with E-state index in [2.05, 4.69) is 4.99 Å². The van der Waals surface area contributed by atoms with E-state index in [0.717, 1.165) is 0 Å². The van der Waals surface area contributed by atoms with Crippen molar-refractivity contribution in [3.63, 3.8) is 0 Å². The lowest BCUT2D eigenvalue weighted by Crippen LogP contribution is -2.21. The van der Waals surface area contributed by atoms with Gasteiger partial charge in [0.2, 0.25) is 0 Å². The van der Waals surface area contributed by atoms with Crippen molar-refractivity contribution in [2.45, 2.75) is 6.18 Å². The van der Waals surface area contributed by atoms with E-state index in [1.165, 1.54) is 43.2 Å². The summed E-state index contributed by atoms with van der Waals surface area (Å²) in [6, 6.07) is 5.45. The number of hydrogen-bond donors (Lipinski definition) is 1. The van der Waals surface area contributed by atoms with Gasteiger partial charge < -0.3 is 9.84 Å². The van der Waals surface area contributed by atoms with Gasteiger partial charge in [-0.25, -0.2) is 9.79 Å². The molecule has 0 saturated carbocycles. The zero-order valence-corrected chi connectivity index (χ0v) is 9.65. The Morgan fingerprint density at radius 2 is 1.84 bits per heavy atom. The second-order valence-electron chi connectivity index (χ2n) is 3.21. The van der Waals surface area contributed by atoms with Crippen LogP contribution in [0.4, 0.5) is 18.9 Å². The Morgan fingerprint density at radius 3 is 2.26 bits per heavy atom. The van der Waals surface area contributed by atoms with E-state index in [-0.39, 0.29) is 5.69 Å². The highest BCUT2D eigenvalue weighted by molar-refractivity contribution is 6.09. The Bertz CT molecular complexity index is 550. The van der Waals surface area contributed by atoms with Crippen molar-refractivity contribution in [3.8, 4) is 17.6 Å². The topological polar surface area (TPSA) is 58.9 Å². The molecule has 0 radical (unpaired) electrons. The van der Waals surface area contributed by atoms with Gasteiger partial charge in [0.05, 0.1) is 12.8 Å². The standard InChI is InChI=1S/C12H8F3NO3/c1-19-9-4-2-8(3-5-9)16-10(12(13,14)15)6-7-11(17)18/h2-5H,1H3,(H,17,18)/b16-10-. The number of aliphatic imine (C=N–C) groups is 1. The SMILES string of the molecule is COc1ccc(/N=C(/C#CC(=O)O)C(F)(F)F)cc1. The van der Waals surface area contributed by atoms with Crippen LogP contribution in [-0.4, -0.2) is 30.1 Å². The number of ether oxygens (including phenoxy) is 1. The number of methoxy groups -OCH3 is 1. The van der Waals surface area contributed by atoms with Gasteiger partial charge in [-0.05, 0) is 30.2 Å². The molecule has 0 unspecified atom stereocenters. The lowest BCUT2D eigenvalue weighted by Gasteiger charge is -2.04. The summed E-state index contributed by atoms with van der Waals surface area (Å²) in [6.07, 6.45) is -4.82. The maximum absolute atomic E-state index is 12.6. The molecule has 0 saturated heterocycles. The minimum absolute atomic E-state index is 0.00665. The quantitative estimate of drug-likeness (QED) is 0.663. The van der Waals surface area contributed by atoms with Gasteiger partial charge in [-0.3, -0.25) is 0 Å². The molecule has 0 heterocycles. The third kappa shape index (κ3) is 4.71. The number of rotatable bonds is 2. The Labute approximate surface area is 106 Å². The normalized spacial score (nSPS) is 11.5. The highest BCUT2D eigenvalue weighted by Crippen LogP contribution is 2.23. The largest absolute Gasteiger partial charge is 0.497 e. The van der Waals surface area contributed by atoms with E-state index in [1.807, 2.05) is 0 Å². The number of halogens is 3. The molecule has 0 bridgehead atoms. The van der Waals surface area contributed by atoms with Crippen LogP contribution in [0, 0.1) is 11.8 Å². The smallest absolute Gasteiger partial charge is 0.441 e. The maximum atomic E-state index is 12.6. The van der Waals surface area contributed by atoms with E-state index >= 15 is 0 Å². The summed E-state index contributed by atoms with van der Waals surface area (Å²) in [7, 11) is 1.41. The summed E-state index contributed by atoms with van der Waals surface area (Å²) in [5.74, 6) is 1.67. The number of carbonyl (C=O) groups is 1. The third-order valence-corrected chi connectivity index (χ3v) is 1.87. The molecule has 0 spiro atoms. The predicted molar refractivity (Wildman–Crippen MR) is 61.6 cm³/mol. The van der Waals surface area contributed by atoms with E-state index in [9.17, 15) is 18.0 Å². The fraction of sp³-hybridized carbons (Fsp3) is 0.167. The van der Waals surface area contributed by atoms with E-state index in [0.29, 0.717) is 5.75 Å². The van der Waals surface area contributed by atoms with E-state index < -0.39 is 17.9 Å². The number of benzene rings is 1. The van der Waals surface area contributed by atoms with Gasteiger partial charge in [-0.2, -0.15) is 13.2 Å². The van der Waals surface area contributed by atoms with Gasteiger partial charge in [0.1, 0.15) is 5.75 Å². The number of aliphatic carboxylic acids is 1. The molecule has 1 N–H and O–H groups in total. The van der Waals surface area contributed by atoms with Crippen LogP contribution < -0.4 is 4.74 Å². The number of carboxylic acid groups (broad SMARTS) is 1. The first-order chi connectivity index (χ1) is 8.82. The van der Waals surface area contributed by atoms with E-state index in [1.54, 1.807) is 0 Å². The van der Waals surface area contributed by atoms with Crippen molar-refractivity contribution < 1.29 is 27.8 Å². The highest BCUT2D eigenvalue weighted by Gasteiger charge is 2.35. The zero-order chi connectivity index (χ0) is 14.5. The van der Waals surface area contributed by atoms with Crippen LogP contribution in [0.2, 0.25) is 0 Å². The second-order valence-corrected chi connectivity index (χ2v) is 3.21. The van der Waals surface area contributed by atoms with Gasteiger partial charge >= 0.3 is 12.1 Å². The first-order valence-electron chi connectivity index (χ1n) is 4.88. The van der Waals surface area contributed by atoms with Crippen LogP contribution in [0.15, 0.2) is 29.3 Å². The fourth-order valence-electron chi connectivity index (χ4n) is 1.06. The molecule has 0 amide bonds. The summed E-state index contributed by atoms with van der Waals surface area (Å²) in [6.45, 7) is 0. The van der Waals surface area contributed by atoms with Crippen LogP contribution in [0.5, 0.6) is 5.75 Å². The first kappa shape index (κ1) is 14.6. The molecule has 0 aromatic heterocycles. The second kappa shape index (κ2) is 5.91. The Kier molecular flexibility index (Phi) is 4.53. The lowest BCUT2D eigenvalue weighted by molar-refractivity contribution is -0.130. The number of alkyl halides is 3. The van der Waals surface area contributed by atoms with Crippen LogP contribution in [0.3, 0.4) is 0 Å². The number of nitrogens with zero attached hydrogens (tertiary/aromatic N) is 1. The molecule has 1 rings (SSSR count). The molecule has 0 atom stereocenters. The predicted octanol–water partition coefficient (Wildman–Crippen LogP) is 2.42. The average Bonchev–Trinajstić information content (AvgIpc) is 2.33. The molecule has 100 valence electrons. The molecule has 0 aliphatic carbocycles. The molecular weight excluding hydrogens is 263 g/mol. The van der Waals surface area contributed by atoms with Gasteiger partial charge in [0, 0.05) is 5.92 Å². The van der Waals surface area contributed by atoms with Gasteiger partial charge in [-0.1, -0.05) is 0 Å². The van der Waals surface area contributed by atoms with Crippen molar-refractivity contribution in [2.75, 3.05) is 7.11 Å². The molecule has 0 aliphatic heterocycles. The molecule has 1 aromatic carbocycles. The molecule has 0 aliphatic rings. The van der Waals surface area contributed by atoms with Crippen molar-refractivity contribution in [1.29, 1.82) is 0 Å². The Morgan fingerprint density at radius 1 is 1.26 bits per heavy atom. The third-order valence-electron chi connectivity index (χ3n) is 1.87. The fourth-order valence-corrected chi connectivity index (χ4v) is 1.06. The van der Waals surface area contributed by atoms with Crippen molar-refractivity contribution in [3.05, 3.63) is 24.3 Å². The molecule has 4 nitrogen and oxygen atoms in total.